The van der Waals surface area contributed by atoms with Crippen LogP contribution in [0.2, 0.25) is 0 Å². The zero-order chi connectivity index (χ0) is 13.1. The molecule has 0 bridgehead atoms. The first-order chi connectivity index (χ1) is 9.33. The number of rotatable bonds is 3. The summed E-state index contributed by atoms with van der Waals surface area (Å²) >= 11 is 0. The van der Waals surface area contributed by atoms with Crippen LogP contribution in [0.1, 0.15) is 36.6 Å². The lowest BCUT2D eigenvalue weighted by atomic mass is 9.95. The van der Waals surface area contributed by atoms with Crippen LogP contribution in [-0.2, 0) is 6.54 Å². The van der Waals surface area contributed by atoms with Crippen molar-refractivity contribution < 1.29 is 8.81 Å². The van der Waals surface area contributed by atoms with Gasteiger partial charge in [0.15, 0.2) is 0 Å². The highest BCUT2D eigenvalue weighted by molar-refractivity contribution is 5.21. The summed E-state index contributed by atoms with van der Waals surface area (Å²) in [5, 5.41) is 0. The highest BCUT2D eigenvalue weighted by Crippen LogP contribution is 2.32. The first kappa shape index (κ1) is 12.4. The molecule has 1 atom stereocenters. The first-order valence-electron chi connectivity index (χ1n) is 6.85. The van der Waals surface area contributed by atoms with E-state index in [1.54, 1.807) is 18.4 Å². The highest BCUT2D eigenvalue weighted by atomic mass is 19.1. The Morgan fingerprint density at radius 3 is 2.95 bits per heavy atom. The Bertz CT molecular complexity index is 523. The van der Waals surface area contributed by atoms with Gasteiger partial charge in [-0.3, -0.25) is 4.90 Å². The lowest BCUT2D eigenvalue weighted by Gasteiger charge is -2.35. The van der Waals surface area contributed by atoms with Crippen molar-refractivity contribution in [3.8, 4) is 0 Å². The predicted molar refractivity (Wildman–Crippen MR) is 72.1 cm³/mol. The van der Waals surface area contributed by atoms with Gasteiger partial charge in [-0.05, 0) is 49.2 Å². The van der Waals surface area contributed by atoms with Crippen molar-refractivity contribution >= 4 is 0 Å². The number of furan rings is 1. The minimum Gasteiger partial charge on any atom is -0.468 e. The van der Waals surface area contributed by atoms with Crippen LogP contribution in [0.5, 0.6) is 0 Å². The molecule has 100 valence electrons. The van der Waals surface area contributed by atoms with Crippen molar-refractivity contribution in [1.29, 1.82) is 0 Å². The van der Waals surface area contributed by atoms with Crippen molar-refractivity contribution in [1.82, 2.24) is 4.90 Å². The van der Waals surface area contributed by atoms with Gasteiger partial charge in [0.1, 0.15) is 11.6 Å². The van der Waals surface area contributed by atoms with E-state index < -0.39 is 0 Å². The largest absolute Gasteiger partial charge is 0.468 e. The number of hydrogen-bond donors (Lipinski definition) is 0. The molecule has 2 heterocycles. The summed E-state index contributed by atoms with van der Waals surface area (Å²) in [7, 11) is 0. The average molecular weight is 259 g/mol. The van der Waals surface area contributed by atoms with Crippen LogP contribution in [0.15, 0.2) is 47.1 Å². The Labute approximate surface area is 112 Å². The fourth-order valence-corrected chi connectivity index (χ4v) is 2.87. The maximum absolute atomic E-state index is 13.4. The van der Waals surface area contributed by atoms with Gasteiger partial charge in [-0.25, -0.2) is 4.39 Å². The third-order valence-corrected chi connectivity index (χ3v) is 3.79. The van der Waals surface area contributed by atoms with Gasteiger partial charge in [0.2, 0.25) is 0 Å². The molecule has 3 heteroatoms. The Kier molecular flexibility index (Phi) is 3.65. The number of likely N-dealkylation sites (tertiary alicyclic amines) is 1. The molecule has 2 aromatic rings. The topological polar surface area (TPSA) is 16.4 Å². The molecule has 0 saturated carbocycles. The zero-order valence-electron chi connectivity index (χ0n) is 10.9. The molecule has 19 heavy (non-hydrogen) atoms. The van der Waals surface area contributed by atoms with E-state index in [1.807, 2.05) is 18.2 Å². The highest BCUT2D eigenvalue weighted by Gasteiger charge is 2.24. The molecule has 1 aromatic heterocycles. The van der Waals surface area contributed by atoms with Crippen LogP contribution in [0, 0.1) is 5.82 Å². The van der Waals surface area contributed by atoms with Crippen molar-refractivity contribution in [3.63, 3.8) is 0 Å². The van der Waals surface area contributed by atoms with Crippen molar-refractivity contribution in [2.45, 2.75) is 31.8 Å². The minimum atomic E-state index is -0.152. The molecule has 0 radical (unpaired) electrons. The predicted octanol–water partition coefficient (Wildman–Crippen LogP) is 4.15. The van der Waals surface area contributed by atoms with Gasteiger partial charge in [-0.15, -0.1) is 0 Å². The maximum atomic E-state index is 13.4. The molecule has 0 aliphatic carbocycles. The lowest BCUT2D eigenvalue weighted by molar-refractivity contribution is 0.130. The summed E-state index contributed by atoms with van der Waals surface area (Å²) in [4.78, 5) is 2.39. The second-order valence-electron chi connectivity index (χ2n) is 5.12. The van der Waals surface area contributed by atoms with E-state index in [0.29, 0.717) is 6.04 Å². The minimum absolute atomic E-state index is 0.152. The molecule has 2 nitrogen and oxygen atoms in total. The molecule has 3 rings (SSSR count). The Hall–Kier alpha value is -1.61. The van der Waals surface area contributed by atoms with Gasteiger partial charge >= 0.3 is 0 Å². The maximum Gasteiger partial charge on any atom is 0.123 e. The Morgan fingerprint density at radius 1 is 1.21 bits per heavy atom. The normalized spacial score (nSPS) is 20.6. The van der Waals surface area contributed by atoms with E-state index in [4.69, 9.17) is 4.42 Å². The second-order valence-corrected chi connectivity index (χ2v) is 5.12. The monoisotopic (exact) mass is 259 g/mol. The Morgan fingerprint density at radius 2 is 2.16 bits per heavy atom. The van der Waals surface area contributed by atoms with Gasteiger partial charge < -0.3 is 4.42 Å². The molecule has 1 fully saturated rings. The summed E-state index contributed by atoms with van der Waals surface area (Å²) in [5.74, 6) is 0.823. The lowest BCUT2D eigenvalue weighted by Crippen LogP contribution is -2.32. The van der Waals surface area contributed by atoms with E-state index in [9.17, 15) is 4.39 Å². The summed E-state index contributed by atoms with van der Waals surface area (Å²) in [6.07, 6.45) is 5.20. The quantitative estimate of drug-likeness (QED) is 0.823. The molecular weight excluding hydrogens is 241 g/mol. The molecule has 1 aliphatic rings. The molecule has 1 saturated heterocycles. The van der Waals surface area contributed by atoms with E-state index in [1.165, 1.54) is 18.9 Å². The third-order valence-electron chi connectivity index (χ3n) is 3.79. The second kappa shape index (κ2) is 5.57. The third kappa shape index (κ3) is 2.87. The number of nitrogens with zero attached hydrogens (tertiary/aromatic N) is 1. The molecule has 0 N–H and O–H groups in total. The van der Waals surface area contributed by atoms with Crippen molar-refractivity contribution in [2.24, 2.45) is 0 Å². The molecule has 1 aromatic carbocycles. The fourth-order valence-electron chi connectivity index (χ4n) is 2.87. The Balaban J connectivity index is 1.80. The van der Waals surface area contributed by atoms with E-state index >= 15 is 0 Å². The summed E-state index contributed by atoms with van der Waals surface area (Å²) in [6, 6.07) is 11.2. The van der Waals surface area contributed by atoms with Crippen LogP contribution < -0.4 is 0 Å². The van der Waals surface area contributed by atoms with E-state index in [2.05, 4.69) is 4.90 Å². The van der Waals surface area contributed by atoms with Crippen LogP contribution in [0.25, 0.3) is 0 Å². The smallest absolute Gasteiger partial charge is 0.123 e. The molecule has 0 amide bonds. The number of benzene rings is 1. The van der Waals surface area contributed by atoms with Gasteiger partial charge in [0.05, 0.1) is 12.8 Å². The summed E-state index contributed by atoms with van der Waals surface area (Å²) in [5.41, 5.74) is 1.08. The van der Waals surface area contributed by atoms with Gasteiger partial charge in [0, 0.05) is 6.04 Å². The van der Waals surface area contributed by atoms with Crippen LogP contribution in [-0.4, -0.2) is 11.4 Å². The fraction of sp³-hybridized carbons (Fsp3) is 0.375. The van der Waals surface area contributed by atoms with Crippen LogP contribution in [0.3, 0.4) is 0 Å². The van der Waals surface area contributed by atoms with Crippen LogP contribution in [0.4, 0.5) is 4.39 Å². The van der Waals surface area contributed by atoms with Crippen molar-refractivity contribution in [2.75, 3.05) is 6.54 Å². The van der Waals surface area contributed by atoms with E-state index in [0.717, 1.165) is 30.8 Å². The number of piperidine rings is 1. The average Bonchev–Trinajstić information content (AvgIpc) is 2.92. The molecule has 0 spiro atoms. The molecular formula is C16H18FNO. The van der Waals surface area contributed by atoms with Gasteiger partial charge in [0.25, 0.3) is 0 Å². The summed E-state index contributed by atoms with van der Waals surface area (Å²) in [6.45, 7) is 1.84. The molecule has 0 unspecified atom stereocenters. The number of halogens is 1. The van der Waals surface area contributed by atoms with Crippen molar-refractivity contribution in [3.05, 3.63) is 59.8 Å². The van der Waals surface area contributed by atoms with Gasteiger partial charge in [-0.2, -0.15) is 0 Å². The number of hydrogen-bond acceptors (Lipinski definition) is 2. The SMILES string of the molecule is Fc1cccc([C@H]2CCCCN2Cc2ccco2)c1. The summed E-state index contributed by atoms with van der Waals surface area (Å²) < 4.78 is 18.8. The first-order valence-corrected chi connectivity index (χ1v) is 6.85. The van der Waals surface area contributed by atoms with E-state index in [-0.39, 0.29) is 5.82 Å². The van der Waals surface area contributed by atoms with Crippen LogP contribution >= 0.6 is 0 Å². The standard InChI is InChI=1S/C16H18FNO/c17-14-6-3-5-13(11-14)16-8-1-2-9-18(16)12-15-7-4-10-19-15/h3-7,10-11,16H,1-2,8-9,12H2/t16-/m1/s1. The van der Waals surface area contributed by atoms with Gasteiger partial charge in [-0.1, -0.05) is 18.6 Å². The molecule has 1 aliphatic heterocycles. The zero-order valence-corrected chi connectivity index (χ0v) is 10.9.